The number of hydrogen-bond donors (Lipinski definition) is 2. The van der Waals surface area contributed by atoms with Gasteiger partial charge in [-0.15, -0.1) is 0 Å². The number of hydrogen-bond acceptors (Lipinski definition) is 7. The van der Waals surface area contributed by atoms with Gasteiger partial charge in [0, 0.05) is 13.2 Å². The lowest BCUT2D eigenvalue weighted by atomic mass is 10.3. The van der Waals surface area contributed by atoms with Crippen LogP contribution in [0.5, 0.6) is 6.01 Å². The molecule has 0 saturated carbocycles. The molecule has 1 aromatic rings. The van der Waals surface area contributed by atoms with Gasteiger partial charge in [0.1, 0.15) is 0 Å². The largest absolute Gasteiger partial charge is 0.467 e. The highest BCUT2D eigenvalue weighted by atomic mass is 16.5. The molecule has 0 aromatic carbocycles. The number of nitrogens with one attached hydrogen (secondary N) is 2. The zero-order valence-corrected chi connectivity index (χ0v) is 10.1. The molecular weight excluding hydrogens is 222 g/mol. The van der Waals surface area contributed by atoms with Crippen LogP contribution in [0.1, 0.15) is 13.3 Å². The van der Waals surface area contributed by atoms with Crippen LogP contribution in [0.15, 0.2) is 0 Å². The maximum absolute atomic E-state index is 5.28. The van der Waals surface area contributed by atoms with Crippen molar-refractivity contribution in [1.82, 2.24) is 15.0 Å². The first-order valence-electron chi connectivity index (χ1n) is 5.70. The van der Waals surface area contributed by atoms with Gasteiger partial charge in [-0.05, 0) is 13.3 Å². The second-order valence-electron chi connectivity index (χ2n) is 3.70. The third-order valence-corrected chi connectivity index (χ3v) is 2.40. The van der Waals surface area contributed by atoms with Crippen molar-refractivity contribution in [2.75, 3.05) is 37.5 Å². The van der Waals surface area contributed by atoms with Crippen LogP contribution < -0.4 is 15.4 Å². The van der Waals surface area contributed by atoms with Gasteiger partial charge in [0.05, 0.1) is 19.8 Å². The first kappa shape index (κ1) is 11.8. The average molecular weight is 239 g/mol. The Balaban J connectivity index is 2.10. The van der Waals surface area contributed by atoms with Crippen LogP contribution in [-0.2, 0) is 4.74 Å². The fourth-order valence-corrected chi connectivity index (χ4v) is 1.58. The molecule has 7 heteroatoms. The number of nitrogens with zero attached hydrogens (tertiary/aromatic N) is 3. The molecule has 1 saturated heterocycles. The molecule has 0 bridgehead atoms. The molecule has 1 unspecified atom stereocenters. The lowest BCUT2D eigenvalue weighted by Crippen LogP contribution is -2.21. The minimum Gasteiger partial charge on any atom is -0.467 e. The molecule has 0 amide bonds. The van der Waals surface area contributed by atoms with E-state index in [9.17, 15) is 0 Å². The summed E-state index contributed by atoms with van der Waals surface area (Å²) in [5, 5.41) is 6.24. The van der Waals surface area contributed by atoms with Crippen molar-refractivity contribution >= 4 is 11.9 Å². The third-order valence-electron chi connectivity index (χ3n) is 2.40. The minimum absolute atomic E-state index is 0.261. The molecule has 1 fully saturated rings. The summed E-state index contributed by atoms with van der Waals surface area (Å²) >= 11 is 0. The minimum atomic E-state index is 0.261. The van der Waals surface area contributed by atoms with Crippen molar-refractivity contribution in [2.24, 2.45) is 0 Å². The average Bonchev–Trinajstić information content (AvgIpc) is 2.82. The Morgan fingerprint density at radius 2 is 2.18 bits per heavy atom. The monoisotopic (exact) mass is 239 g/mol. The summed E-state index contributed by atoms with van der Waals surface area (Å²) in [6, 6.07) is 0.564. The van der Waals surface area contributed by atoms with Gasteiger partial charge in [-0.3, -0.25) is 0 Å². The molecule has 1 aliphatic heterocycles. The molecule has 1 aliphatic rings. The zero-order chi connectivity index (χ0) is 12.1. The van der Waals surface area contributed by atoms with Crippen molar-refractivity contribution in [1.29, 1.82) is 0 Å². The summed E-state index contributed by atoms with van der Waals surface area (Å²) in [5.41, 5.74) is 0. The fraction of sp³-hybridized carbons (Fsp3) is 0.700. The van der Waals surface area contributed by atoms with Gasteiger partial charge in [0.15, 0.2) is 0 Å². The Labute approximate surface area is 100.0 Å². The Hall–Kier alpha value is -1.63. The molecule has 94 valence electrons. The van der Waals surface area contributed by atoms with Crippen molar-refractivity contribution in [3.8, 4) is 6.01 Å². The molecule has 2 rings (SSSR count). The third kappa shape index (κ3) is 3.16. The second-order valence-corrected chi connectivity index (χ2v) is 3.70. The Morgan fingerprint density at radius 1 is 1.35 bits per heavy atom. The van der Waals surface area contributed by atoms with E-state index in [1.807, 2.05) is 6.92 Å². The molecule has 1 atom stereocenters. The topological polar surface area (TPSA) is 81.2 Å². The lowest BCUT2D eigenvalue weighted by Gasteiger charge is -2.12. The van der Waals surface area contributed by atoms with Gasteiger partial charge in [0.2, 0.25) is 11.9 Å². The quantitative estimate of drug-likeness (QED) is 0.774. The Bertz CT molecular complexity index is 368. The molecule has 17 heavy (non-hydrogen) atoms. The fourth-order valence-electron chi connectivity index (χ4n) is 1.58. The molecule has 1 aromatic heterocycles. The van der Waals surface area contributed by atoms with E-state index in [2.05, 4.69) is 25.6 Å². The maximum atomic E-state index is 5.28. The molecule has 0 spiro atoms. The molecule has 7 nitrogen and oxygen atoms in total. The highest BCUT2D eigenvalue weighted by molar-refractivity contribution is 5.36. The highest BCUT2D eigenvalue weighted by Gasteiger charge is 2.17. The van der Waals surface area contributed by atoms with Crippen LogP contribution in [0.25, 0.3) is 0 Å². The van der Waals surface area contributed by atoms with Crippen molar-refractivity contribution < 1.29 is 9.47 Å². The maximum Gasteiger partial charge on any atom is 0.322 e. The smallest absolute Gasteiger partial charge is 0.322 e. The van der Waals surface area contributed by atoms with Crippen LogP contribution in [-0.4, -0.2) is 47.9 Å². The van der Waals surface area contributed by atoms with Gasteiger partial charge in [-0.2, -0.15) is 15.0 Å². The van der Waals surface area contributed by atoms with Gasteiger partial charge in [-0.1, -0.05) is 0 Å². The second kappa shape index (κ2) is 5.62. The van der Waals surface area contributed by atoms with E-state index >= 15 is 0 Å². The molecule has 2 heterocycles. The van der Waals surface area contributed by atoms with E-state index in [0.29, 0.717) is 24.5 Å². The van der Waals surface area contributed by atoms with Gasteiger partial charge < -0.3 is 20.1 Å². The normalized spacial score (nSPS) is 19.1. The van der Waals surface area contributed by atoms with Crippen molar-refractivity contribution in [2.45, 2.75) is 19.4 Å². The summed E-state index contributed by atoms with van der Waals surface area (Å²) in [4.78, 5) is 12.5. The summed E-state index contributed by atoms with van der Waals surface area (Å²) in [6.07, 6.45) is 0.963. The predicted octanol–water partition coefficient (Wildman–Crippen LogP) is 0.513. The van der Waals surface area contributed by atoms with E-state index < -0.39 is 0 Å². The van der Waals surface area contributed by atoms with Gasteiger partial charge in [-0.25, -0.2) is 0 Å². The summed E-state index contributed by atoms with van der Waals surface area (Å²) in [6.45, 7) is 4.19. The number of methoxy groups -OCH3 is 1. The summed E-state index contributed by atoms with van der Waals surface area (Å²) in [5.74, 6) is 1.03. The van der Waals surface area contributed by atoms with Crippen LogP contribution in [0.3, 0.4) is 0 Å². The molecule has 0 radical (unpaired) electrons. The molecular formula is C10H17N5O2. The summed E-state index contributed by atoms with van der Waals surface area (Å²) < 4.78 is 10.3. The highest BCUT2D eigenvalue weighted by Crippen LogP contribution is 2.14. The van der Waals surface area contributed by atoms with Crippen LogP contribution >= 0.6 is 0 Å². The van der Waals surface area contributed by atoms with Crippen molar-refractivity contribution in [3.63, 3.8) is 0 Å². The number of anilines is 2. The molecule has 0 aliphatic carbocycles. The van der Waals surface area contributed by atoms with Crippen LogP contribution in [0, 0.1) is 0 Å². The molecule has 2 N–H and O–H groups in total. The van der Waals surface area contributed by atoms with Crippen molar-refractivity contribution in [3.05, 3.63) is 0 Å². The van der Waals surface area contributed by atoms with Crippen LogP contribution in [0.4, 0.5) is 11.9 Å². The van der Waals surface area contributed by atoms with E-state index in [1.54, 1.807) is 0 Å². The van der Waals surface area contributed by atoms with E-state index in [4.69, 9.17) is 9.47 Å². The Morgan fingerprint density at radius 3 is 2.82 bits per heavy atom. The summed E-state index contributed by atoms with van der Waals surface area (Å²) in [7, 11) is 1.54. The van der Waals surface area contributed by atoms with Gasteiger partial charge >= 0.3 is 6.01 Å². The van der Waals surface area contributed by atoms with E-state index in [1.165, 1.54) is 7.11 Å². The standard InChI is InChI=1S/C10H17N5O2/c1-3-11-8-13-9(15-10(14-8)16-2)12-7-4-5-17-6-7/h7H,3-6H2,1-2H3,(H2,11,12,13,14,15). The first-order chi connectivity index (χ1) is 8.31. The van der Waals surface area contributed by atoms with Gasteiger partial charge in [0.25, 0.3) is 0 Å². The van der Waals surface area contributed by atoms with Crippen LogP contribution in [0.2, 0.25) is 0 Å². The van der Waals surface area contributed by atoms with E-state index in [0.717, 1.165) is 19.6 Å². The van der Waals surface area contributed by atoms with E-state index in [-0.39, 0.29) is 6.04 Å². The number of aromatic nitrogens is 3. The lowest BCUT2D eigenvalue weighted by molar-refractivity contribution is 0.195. The number of rotatable bonds is 5. The Kier molecular flexibility index (Phi) is 3.92. The number of ether oxygens (including phenoxy) is 2. The SMILES string of the molecule is CCNc1nc(NC2CCOC2)nc(OC)n1. The zero-order valence-electron chi connectivity index (χ0n) is 10.1. The predicted molar refractivity (Wildman–Crippen MR) is 63.4 cm³/mol. The first-order valence-corrected chi connectivity index (χ1v) is 5.70.